The van der Waals surface area contributed by atoms with E-state index < -0.39 is 5.91 Å². The van der Waals surface area contributed by atoms with E-state index in [-0.39, 0.29) is 0 Å². The number of anilines is 1. The van der Waals surface area contributed by atoms with Crippen molar-refractivity contribution >= 4 is 23.4 Å². The van der Waals surface area contributed by atoms with E-state index in [1.54, 1.807) is 23.9 Å². The topological polar surface area (TPSA) is 69.1 Å². The van der Waals surface area contributed by atoms with Gasteiger partial charge in [-0.15, -0.1) is 11.8 Å². The standard InChI is InChI=1S/C16H18N2OS/c1-10-3-6-14(7-11(10)2)20-9-13-5-4-12(16(18)19)8-15(13)17/h3-8H,9,17H2,1-2H3,(H2,18,19). The molecule has 4 N–H and O–H groups in total. The molecule has 0 atom stereocenters. The molecule has 0 heterocycles. The van der Waals surface area contributed by atoms with Crippen molar-refractivity contribution in [1.82, 2.24) is 0 Å². The number of amides is 1. The lowest BCUT2D eigenvalue weighted by molar-refractivity contribution is 0.100. The van der Waals surface area contributed by atoms with Crippen molar-refractivity contribution < 1.29 is 4.79 Å². The number of primary amides is 1. The Kier molecular flexibility index (Phi) is 4.35. The minimum Gasteiger partial charge on any atom is -0.398 e. The Bertz CT molecular complexity index is 653. The van der Waals surface area contributed by atoms with Gasteiger partial charge in [0.15, 0.2) is 0 Å². The van der Waals surface area contributed by atoms with Gasteiger partial charge in [0.1, 0.15) is 0 Å². The minimum atomic E-state index is -0.454. The molecule has 104 valence electrons. The fourth-order valence-electron chi connectivity index (χ4n) is 1.84. The molecule has 20 heavy (non-hydrogen) atoms. The van der Waals surface area contributed by atoms with Gasteiger partial charge in [-0.3, -0.25) is 4.79 Å². The minimum absolute atomic E-state index is 0.447. The van der Waals surface area contributed by atoms with Crippen LogP contribution in [0.2, 0.25) is 0 Å². The number of rotatable bonds is 4. The van der Waals surface area contributed by atoms with Crippen molar-refractivity contribution in [3.63, 3.8) is 0 Å². The maximum absolute atomic E-state index is 11.1. The van der Waals surface area contributed by atoms with Gasteiger partial charge in [0, 0.05) is 21.9 Å². The largest absolute Gasteiger partial charge is 0.398 e. The maximum Gasteiger partial charge on any atom is 0.248 e. The van der Waals surface area contributed by atoms with E-state index in [1.807, 2.05) is 6.07 Å². The van der Waals surface area contributed by atoms with Crippen molar-refractivity contribution in [1.29, 1.82) is 0 Å². The van der Waals surface area contributed by atoms with Gasteiger partial charge in [0.25, 0.3) is 0 Å². The lowest BCUT2D eigenvalue weighted by Gasteiger charge is -2.08. The smallest absolute Gasteiger partial charge is 0.248 e. The molecule has 0 unspecified atom stereocenters. The number of carbonyl (C=O) groups is 1. The summed E-state index contributed by atoms with van der Waals surface area (Å²) in [6.07, 6.45) is 0. The summed E-state index contributed by atoms with van der Waals surface area (Å²) < 4.78 is 0. The fraction of sp³-hybridized carbons (Fsp3) is 0.188. The summed E-state index contributed by atoms with van der Waals surface area (Å²) in [5, 5.41) is 0. The number of nitrogen functional groups attached to an aromatic ring is 1. The van der Waals surface area contributed by atoms with Gasteiger partial charge in [0.05, 0.1) is 0 Å². The van der Waals surface area contributed by atoms with Crippen molar-refractivity contribution in [3.05, 3.63) is 58.7 Å². The van der Waals surface area contributed by atoms with Crippen LogP contribution in [0, 0.1) is 13.8 Å². The Labute approximate surface area is 123 Å². The Balaban J connectivity index is 2.10. The molecule has 0 saturated carbocycles. The van der Waals surface area contributed by atoms with E-state index in [0.717, 1.165) is 11.3 Å². The molecule has 0 aliphatic carbocycles. The van der Waals surface area contributed by atoms with Gasteiger partial charge in [-0.1, -0.05) is 12.1 Å². The van der Waals surface area contributed by atoms with Crippen LogP contribution >= 0.6 is 11.8 Å². The lowest BCUT2D eigenvalue weighted by atomic mass is 10.1. The highest BCUT2D eigenvalue weighted by atomic mass is 32.2. The summed E-state index contributed by atoms with van der Waals surface area (Å²) in [5.74, 6) is 0.318. The fourth-order valence-corrected chi connectivity index (χ4v) is 2.85. The number of aryl methyl sites for hydroxylation is 2. The number of benzene rings is 2. The molecule has 2 rings (SSSR count). The second kappa shape index (κ2) is 6.01. The third-order valence-electron chi connectivity index (χ3n) is 3.30. The molecule has 0 fully saturated rings. The van der Waals surface area contributed by atoms with E-state index in [9.17, 15) is 4.79 Å². The molecule has 2 aromatic carbocycles. The van der Waals surface area contributed by atoms with E-state index in [0.29, 0.717) is 11.3 Å². The number of hydrogen-bond donors (Lipinski definition) is 2. The van der Waals surface area contributed by atoms with Crippen LogP contribution in [-0.4, -0.2) is 5.91 Å². The van der Waals surface area contributed by atoms with Crippen LogP contribution in [0.15, 0.2) is 41.3 Å². The van der Waals surface area contributed by atoms with Crippen LogP contribution in [0.25, 0.3) is 0 Å². The van der Waals surface area contributed by atoms with Crippen LogP contribution in [0.1, 0.15) is 27.0 Å². The van der Waals surface area contributed by atoms with Gasteiger partial charge in [0.2, 0.25) is 5.91 Å². The van der Waals surface area contributed by atoms with Crippen molar-refractivity contribution in [3.8, 4) is 0 Å². The van der Waals surface area contributed by atoms with Gasteiger partial charge in [-0.25, -0.2) is 0 Å². The van der Waals surface area contributed by atoms with E-state index in [2.05, 4.69) is 32.0 Å². The SMILES string of the molecule is Cc1ccc(SCc2ccc(C(N)=O)cc2N)cc1C. The summed E-state index contributed by atoms with van der Waals surface area (Å²) >= 11 is 1.73. The highest BCUT2D eigenvalue weighted by Crippen LogP contribution is 2.27. The first-order chi connectivity index (χ1) is 9.47. The first-order valence-electron chi connectivity index (χ1n) is 6.35. The molecular weight excluding hydrogens is 268 g/mol. The first-order valence-corrected chi connectivity index (χ1v) is 7.34. The zero-order valence-corrected chi connectivity index (χ0v) is 12.5. The number of hydrogen-bond acceptors (Lipinski definition) is 3. The molecule has 2 aromatic rings. The molecule has 0 bridgehead atoms. The molecule has 3 nitrogen and oxygen atoms in total. The quantitative estimate of drug-likeness (QED) is 0.669. The number of carbonyl (C=O) groups excluding carboxylic acids is 1. The Morgan fingerprint density at radius 1 is 1.10 bits per heavy atom. The molecule has 0 aliphatic rings. The predicted molar refractivity (Wildman–Crippen MR) is 84.8 cm³/mol. The van der Waals surface area contributed by atoms with Gasteiger partial charge < -0.3 is 11.5 Å². The third-order valence-corrected chi connectivity index (χ3v) is 4.35. The highest BCUT2D eigenvalue weighted by Gasteiger charge is 2.06. The summed E-state index contributed by atoms with van der Waals surface area (Å²) in [4.78, 5) is 12.3. The number of thioether (sulfide) groups is 1. The van der Waals surface area contributed by atoms with Gasteiger partial charge in [-0.2, -0.15) is 0 Å². The Morgan fingerprint density at radius 2 is 1.85 bits per heavy atom. The lowest BCUT2D eigenvalue weighted by Crippen LogP contribution is -2.11. The van der Waals surface area contributed by atoms with Crippen LogP contribution in [0.5, 0.6) is 0 Å². The zero-order valence-electron chi connectivity index (χ0n) is 11.6. The predicted octanol–water partition coefficient (Wildman–Crippen LogP) is 3.28. The normalized spacial score (nSPS) is 10.5. The van der Waals surface area contributed by atoms with Crippen molar-refractivity contribution in [2.75, 3.05) is 5.73 Å². The van der Waals surface area contributed by atoms with Crippen LogP contribution < -0.4 is 11.5 Å². The van der Waals surface area contributed by atoms with Crippen molar-refractivity contribution in [2.24, 2.45) is 5.73 Å². The van der Waals surface area contributed by atoms with Crippen LogP contribution in [-0.2, 0) is 5.75 Å². The monoisotopic (exact) mass is 286 g/mol. The molecule has 4 heteroatoms. The average Bonchev–Trinajstić information content (AvgIpc) is 2.41. The van der Waals surface area contributed by atoms with Crippen LogP contribution in [0.4, 0.5) is 5.69 Å². The average molecular weight is 286 g/mol. The van der Waals surface area contributed by atoms with Gasteiger partial charge >= 0.3 is 0 Å². The summed E-state index contributed by atoms with van der Waals surface area (Å²) in [6.45, 7) is 4.21. The Hall–Kier alpha value is -1.94. The summed E-state index contributed by atoms with van der Waals surface area (Å²) in [7, 11) is 0. The van der Waals surface area contributed by atoms with Crippen molar-refractivity contribution in [2.45, 2.75) is 24.5 Å². The van der Waals surface area contributed by atoms with E-state index in [4.69, 9.17) is 11.5 Å². The molecule has 0 aliphatic heterocycles. The molecule has 0 aromatic heterocycles. The Morgan fingerprint density at radius 3 is 2.45 bits per heavy atom. The molecule has 0 spiro atoms. The van der Waals surface area contributed by atoms with Crippen LogP contribution in [0.3, 0.4) is 0 Å². The summed E-state index contributed by atoms with van der Waals surface area (Å²) in [6, 6.07) is 11.6. The molecule has 0 saturated heterocycles. The zero-order chi connectivity index (χ0) is 14.7. The van der Waals surface area contributed by atoms with Gasteiger partial charge in [-0.05, 0) is 54.8 Å². The highest BCUT2D eigenvalue weighted by molar-refractivity contribution is 7.98. The number of nitrogens with two attached hydrogens (primary N) is 2. The molecule has 1 amide bonds. The summed E-state index contributed by atoms with van der Waals surface area (Å²) in [5.41, 5.74) is 15.8. The second-order valence-corrected chi connectivity index (χ2v) is 5.86. The molecule has 0 radical (unpaired) electrons. The second-order valence-electron chi connectivity index (χ2n) is 4.81. The maximum atomic E-state index is 11.1. The van der Waals surface area contributed by atoms with E-state index >= 15 is 0 Å². The first kappa shape index (κ1) is 14.5. The third kappa shape index (κ3) is 3.33. The molecular formula is C16H18N2OS. The van der Waals surface area contributed by atoms with E-state index in [1.165, 1.54) is 16.0 Å².